The molecule has 30 heavy (non-hydrogen) atoms. The molecule has 2 aromatic carbocycles. The zero-order valence-electron chi connectivity index (χ0n) is 18.8. The van der Waals surface area contributed by atoms with Gasteiger partial charge in [0.1, 0.15) is 12.4 Å². The topological polar surface area (TPSA) is 38.8 Å². The maximum absolute atomic E-state index is 12.7. The van der Waals surface area contributed by atoms with Gasteiger partial charge in [0.05, 0.1) is 0 Å². The van der Waals surface area contributed by atoms with Crippen LogP contribution in [0.1, 0.15) is 63.1 Å². The molecule has 0 saturated carbocycles. The van der Waals surface area contributed by atoms with Crippen molar-refractivity contribution in [2.45, 2.75) is 58.5 Å². The molecule has 1 unspecified atom stereocenters. The van der Waals surface area contributed by atoms with Crippen molar-refractivity contribution in [1.29, 1.82) is 0 Å². The average molecular weight is 410 g/mol. The molecule has 0 amide bonds. The van der Waals surface area contributed by atoms with Crippen LogP contribution < -0.4 is 4.74 Å². The Morgan fingerprint density at radius 2 is 1.70 bits per heavy atom. The molecule has 4 heteroatoms. The maximum atomic E-state index is 12.7. The van der Waals surface area contributed by atoms with E-state index in [1.165, 1.54) is 11.1 Å². The SMILES string of the molecule is CCN(CC)CCOC(=O)C(C)(C)Oc1ccccc1C1CCCc2ccccc21. The lowest BCUT2D eigenvalue weighted by molar-refractivity contribution is -0.159. The zero-order chi connectivity index (χ0) is 21.6. The number of hydrogen-bond acceptors (Lipinski definition) is 4. The van der Waals surface area contributed by atoms with Gasteiger partial charge in [0.25, 0.3) is 0 Å². The van der Waals surface area contributed by atoms with Crippen LogP contribution >= 0.6 is 0 Å². The molecule has 0 saturated heterocycles. The van der Waals surface area contributed by atoms with Gasteiger partial charge in [0, 0.05) is 18.0 Å². The number of carbonyl (C=O) groups excluding carboxylic acids is 1. The third kappa shape index (κ3) is 5.23. The van der Waals surface area contributed by atoms with E-state index in [1.54, 1.807) is 13.8 Å². The summed E-state index contributed by atoms with van der Waals surface area (Å²) in [5.41, 5.74) is 2.89. The third-order valence-corrected chi connectivity index (χ3v) is 6.06. The van der Waals surface area contributed by atoms with E-state index in [-0.39, 0.29) is 5.97 Å². The smallest absolute Gasteiger partial charge is 0.349 e. The predicted molar refractivity (Wildman–Crippen MR) is 121 cm³/mol. The molecule has 0 heterocycles. The van der Waals surface area contributed by atoms with Gasteiger partial charge in [-0.05, 0) is 63.4 Å². The molecule has 0 spiro atoms. The van der Waals surface area contributed by atoms with E-state index in [0.29, 0.717) is 12.5 Å². The van der Waals surface area contributed by atoms with Gasteiger partial charge in [-0.25, -0.2) is 4.79 Å². The average Bonchev–Trinajstić information content (AvgIpc) is 2.76. The van der Waals surface area contributed by atoms with Crippen LogP contribution in [-0.4, -0.2) is 42.7 Å². The molecule has 1 atom stereocenters. The van der Waals surface area contributed by atoms with E-state index in [2.05, 4.69) is 55.1 Å². The van der Waals surface area contributed by atoms with Crippen molar-refractivity contribution < 1.29 is 14.3 Å². The number of fused-ring (bicyclic) bond motifs is 1. The normalized spacial score (nSPS) is 16.2. The summed E-state index contributed by atoms with van der Waals surface area (Å²) in [5, 5.41) is 0. The molecule has 0 radical (unpaired) electrons. The van der Waals surface area contributed by atoms with E-state index in [0.717, 1.165) is 50.2 Å². The minimum Gasteiger partial charge on any atom is -0.476 e. The number of esters is 1. The van der Waals surface area contributed by atoms with E-state index in [4.69, 9.17) is 9.47 Å². The third-order valence-electron chi connectivity index (χ3n) is 6.06. The zero-order valence-corrected chi connectivity index (χ0v) is 18.8. The Morgan fingerprint density at radius 3 is 2.43 bits per heavy atom. The van der Waals surface area contributed by atoms with Gasteiger partial charge in [-0.3, -0.25) is 0 Å². The van der Waals surface area contributed by atoms with Crippen LogP contribution in [0.5, 0.6) is 5.75 Å². The molecule has 4 nitrogen and oxygen atoms in total. The summed E-state index contributed by atoms with van der Waals surface area (Å²) in [5.74, 6) is 0.735. The molecule has 3 rings (SSSR count). The first-order chi connectivity index (χ1) is 14.5. The fourth-order valence-corrected chi connectivity index (χ4v) is 4.24. The van der Waals surface area contributed by atoms with Crippen molar-refractivity contribution in [3.05, 3.63) is 65.2 Å². The minimum atomic E-state index is -1.05. The molecular formula is C26H35NO3. The number of hydrogen-bond donors (Lipinski definition) is 0. The summed E-state index contributed by atoms with van der Waals surface area (Å²) in [6.07, 6.45) is 3.37. The summed E-state index contributed by atoms with van der Waals surface area (Å²) in [7, 11) is 0. The van der Waals surface area contributed by atoms with E-state index in [1.807, 2.05) is 12.1 Å². The molecular weight excluding hydrogens is 374 g/mol. The molecule has 0 aliphatic heterocycles. The van der Waals surface area contributed by atoms with Crippen molar-refractivity contribution in [3.8, 4) is 5.75 Å². The predicted octanol–water partition coefficient (Wildman–Crippen LogP) is 5.20. The van der Waals surface area contributed by atoms with Crippen LogP contribution in [0.3, 0.4) is 0 Å². The maximum Gasteiger partial charge on any atom is 0.349 e. The summed E-state index contributed by atoms with van der Waals surface area (Å²) in [6, 6.07) is 16.8. The van der Waals surface area contributed by atoms with Gasteiger partial charge >= 0.3 is 5.97 Å². The number of carbonyl (C=O) groups is 1. The first-order valence-corrected chi connectivity index (χ1v) is 11.2. The van der Waals surface area contributed by atoms with Gasteiger partial charge < -0.3 is 14.4 Å². The fraction of sp³-hybridized carbons (Fsp3) is 0.500. The number of benzene rings is 2. The van der Waals surface area contributed by atoms with Crippen LogP contribution in [0.25, 0.3) is 0 Å². The molecule has 0 fully saturated rings. The lowest BCUT2D eigenvalue weighted by Crippen LogP contribution is -2.41. The number of ether oxygens (including phenoxy) is 2. The number of para-hydroxylation sites is 1. The highest BCUT2D eigenvalue weighted by atomic mass is 16.6. The second-order valence-corrected chi connectivity index (χ2v) is 8.46. The monoisotopic (exact) mass is 409 g/mol. The van der Waals surface area contributed by atoms with Crippen LogP contribution in [0.15, 0.2) is 48.5 Å². The van der Waals surface area contributed by atoms with E-state index in [9.17, 15) is 4.79 Å². The summed E-state index contributed by atoms with van der Waals surface area (Å²) in [6.45, 7) is 10.8. The summed E-state index contributed by atoms with van der Waals surface area (Å²) >= 11 is 0. The van der Waals surface area contributed by atoms with Gasteiger partial charge in [-0.15, -0.1) is 0 Å². The highest BCUT2D eigenvalue weighted by Crippen LogP contribution is 2.41. The number of rotatable bonds is 9. The first-order valence-electron chi connectivity index (χ1n) is 11.2. The molecule has 162 valence electrons. The highest BCUT2D eigenvalue weighted by Gasteiger charge is 2.34. The second-order valence-electron chi connectivity index (χ2n) is 8.46. The van der Waals surface area contributed by atoms with Crippen LogP contribution in [0, 0.1) is 0 Å². The van der Waals surface area contributed by atoms with Crippen LogP contribution in [0.2, 0.25) is 0 Å². The molecule has 2 aromatic rings. The summed E-state index contributed by atoms with van der Waals surface area (Å²) < 4.78 is 11.8. The van der Waals surface area contributed by atoms with Crippen molar-refractivity contribution in [2.75, 3.05) is 26.2 Å². The Kier molecular flexibility index (Phi) is 7.54. The molecule has 1 aliphatic carbocycles. The fourth-order valence-electron chi connectivity index (χ4n) is 4.24. The Hall–Kier alpha value is -2.33. The molecule has 1 aliphatic rings. The van der Waals surface area contributed by atoms with Crippen molar-refractivity contribution in [1.82, 2.24) is 4.90 Å². The highest BCUT2D eigenvalue weighted by molar-refractivity contribution is 5.79. The van der Waals surface area contributed by atoms with Crippen molar-refractivity contribution >= 4 is 5.97 Å². The van der Waals surface area contributed by atoms with Gasteiger partial charge in [0.2, 0.25) is 0 Å². The minimum absolute atomic E-state index is 0.292. The number of aryl methyl sites for hydroxylation is 1. The van der Waals surface area contributed by atoms with E-state index < -0.39 is 5.60 Å². The Bertz CT molecular complexity index is 842. The molecule has 0 bridgehead atoms. The van der Waals surface area contributed by atoms with Gasteiger partial charge in [0.15, 0.2) is 5.60 Å². The second kappa shape index (κ2) is 10.1. The number of likely N-dealkylation sites (N-methyl/N-ethyl adjacent to an activating group) is 1. The van der Waals surface area contributed by atoms with Gasteiger partial charge in [-0.1, -0.05) is 56.3 Å². The van der Waals surface area contributed by atoms with Crippen LogP contribution in [-0.2, 0) is 16.0 Å². The molecule has 0 N–H and O–H groups in total. The number of nitrogens with zero attached hydrogens (tertiary/aromatic N) is 1. The first kappa shape index (κ1) is 22.4. The van der Waals surface area contributed by atoms with Gasteiger partial charge in [-0.2, -0.15) is 0 Å². The lowest BCUT2D eigenvalue weighted by atomic mass is 9.78. The van der Waals surface area contributed by atoms with Crippen molar-refractivity contribution in [2.24, 2.45) is 0 Å². The largest absolute Gasteiger partial charge is 0.476 e. The molecule has 0 aromatic heterocycles. The lowest BCUT2D eigenvalue weighted by Gasteiger charge is -2.30. The van der Waals surface area contributed by atoms with E-state index >= 15 is 0 Å². The van der Waals surface area contributed by atoms with Crippen LogP contribution in [0.4, 0.5) is 0 Å². The Balaban J connectivity index is 1.74. The Labute approximate surface area is 181 Å². The standard InChI is InChI=1S/C26H35NO3/c1-5-27(6-2)18-19-29-25(28)26(3,4)30-24-17-10-9-15-23(24)22-16-11-13-20-12-7-8-14-21(20)22/h7-10,12,14-15,17,22H,5-6,11,13,16,18-19H2,1-4H3. The quantitative estimate of drug-likeness (QED) is 0.534. The summed E-state index contributed by atoms with van der Waals surface area (Å²) in [4.78, 5) is 15.0. The van der Waals surface area contributed by atoms with Crippen molar-refractivity contribution in [3.63, 3.8) is 0 Å². The Morgan fingerprint density at radius 1 is 1.03 bits per heavy atom.